The van der Waals surface area contributed by atoms with Crippen molar-refractivity contribution in [3.8, 4) is 0 Å². The molecule has 2 heterocycles. The second-order valence-corrected chi connectivity index (χ2v) is 4.78. The number of morpholine rings is 1. The van der Waals surface area contributed by atoms with Gasteiger partial charge in [-0.3, -0.25) is 0 Å². The lowest BCUT2D eigenvalue weighted by Crippen LogP contribution is -2.45. The summed E-state index contributed by atoms with van der Waals surface area (Å²) in [5.74, 6) is 0. The Kier molecular flexibility index (Phi) is 4.16. The van der Waals surface area contributed by atoms with Crippen LogP contribution in [0, 0.1) is 0 Å². The highest BCUT2D eigenvalue weighted by molar-refractivity contribution is 9.10. The molecule has 0 aliphatic carbocycles. The van der Waals surface area contributed by atoms with Gasteiger partial charge in [0.05, 0.1) is 19.3 Å². The lowest BCUT2D eigenvalue weighted by atomic mass is 10.0. The van der Waals surface area contributed by atoms with Gasteiger partial charge in [0.25, 0.3) is 0 Å². The van der Waals surface area contributed by atoms with Crippen molar-refractivity contribution in [2.45, 2.75) is 12.1 Å². The van der Waals surface area contributed by atoms with Crippen molar-refractivity contribution in [2.75, 3.05) is 19.8 Å². The van der Waals surface area contributed by atoms with Gasteiger partial charge in [0.2, 0.25) is 0 Å². The summed E-state index contributed by atoms with van der Waals surface area (Å²) in [6.45, 7) is 1.41. The van der Waals surface area contributed by atoms with E-state index >= 15 is 0 Å². The van der Waals surface area contributed by atoms with Crippen molar-refractivity contribution in [3.05, 3.63) is 27.5 Å². The second kappa shape index (κ2) is 5.42. The highest BCUT2D eigenvalue weighted by Crippen LogP contribution is 2.27. The van der Waals surface area contributed by atoms with Crippen LogP contribution < -0.4 is 5.32 Å². The van der Waals surface area contributed by atoms with E-state index < -0.39 is 0 Å². The van der Waals surface area contributed by atoms with E-state index in [0.29, 0.717) is 16.4 Å². The molecule has 16 heavy (non-hydrogen) atoms. The maximum absolute atomic E-state index is 9.26. The summed E-state index contributed by atoms with van der Waals surface area (Å²) in [5, 5.41) is 12.9. The van der Waals surface area contributed by atoms with Gasteiger partial charge in [0, 0.05) is 6.54 Å². The van der Waals surface area contributed by atoms with Crippen LogP contribution in [0.4, 0.5) is 0 Å². The third-order valence-electron chi connectivity index (χ3n) is 2.48. The van der Waals surface area contributed by atoms with Gasteiger partial charge in [-0.25, -0.2) is 4.98 Å². The molecule has 1 aliphatic heterocycles. The van der Waals surface area contributed by atoms with E-state index in [4.69, 9.17) is 16.3 Å². The summed E-state index contributed by atoms with van der Waals surface area (Å²) in [7, 11) is 0. The van der Waals surface area contributed by atoms with Crippen molar-refractivity contribution in [1.29, 1.82) is 0 Å². The van der Waals surface area contributed by atoms with Crippen molar-refractivity contribution in [1.82, 2.24) is 10.3 Å². The molecule has 1 aromatic heterocycles. The Morgan fingerprint density at radius 2 is 2.44 bits per heavy atom. The number of nitrogens with zero attached hydrogens (tertiary/aromatic N) is 1. The maximum Gasteiger partial charge on any atom is 0.130 e. The number of halogens is 2. The quantitative estimate of drug-likeness (QED) is 0.814. The number of rotatable bonds is 2. The number of pyridine rings is 1. The number of hydrogen-bond acceptors (Lipinski definition) is 4. The topological polar surface area (TPSA) is 54.4 Å². The zero-order chi connectivity index (χ0) is 11.5. The standard InChI is InChI=1S/C10H12BrClN2O2/c11-8-3-6(4-9(12)14-8)10-7(5-15)13-1-2-16-10/h3-4,7,10,13,15H,1-2,5H2/t7-,10-/m0/s1. The fourth-order valence-electron chi connectivity index (χ4n) is 1.79. The molecule has 1 aliphatic rings. The number of aromatic nitrogens is 1. The molecule has 2 N–H and O–H groups in total. The Hall–Kier alpha value is -0.200. The van der Waals surface area contributed by atoms with E-state index in [1.807, 2.05) is 6.07 Å². The summed E-state index contributed by atoms with van der Waals surface area (Å²) >= 11 is 9.17. The average Bonchev–Trinajstić information content (AvgIpc) is 2.27. The zero-order valence-corrected chi connectivity index (χ0v) is 10.8. The normalized spacial score (nSPS) is 25.7. The minimum atomic E-state index is -0.185. The van der Waals surface area contributed by atoms with Crippen LogP contribution in [0.5, 0.6) is 0 Å². The third kappa shape index (κ3) is 2.73. The first kappa shape index (κ1) is 12.3. The monoisotopic (exact) mass is 306 g/mol. The number of hydrogen-bond donors (Lipinski definition) is 2. The Morgan fingerprint density at radius 1 is 1.62 bits per heavy atom. The molecule has 1 aromatic rings. The van der Waals surface area contributed by atoms with Crippen LogP contribution in [-0.2, 0) is 4.74 Å². The zero-order valence-electron chi connectivity index (χ0n) is 8.49. The fraction of sp³-hybridized carbons (Fsp3) is 0.500. The predicted molar refractivity (Wildman–Crippen MR) is 64.5 cm³/mol. The number of aliphatic hydroxyl groups excluding tert-OH is 1. The minimum Gasteiger partial charge on any atom is -0.395 e. The summed E-state index contributed by atoms with van der Waals surface area (Å²) in [5.41, 5.74) is 0.915. The third-order valence-corrected chi connectivity index (χ3v) is 3.08. The molecule has 88 valence electrons. The Bertz CT molecular complexity index is 358. The van der Waals surface area contributed by atoms with Crippen LogP contribution in [0.3, 0.4) is 0 Å². The number of aliphatic hydroxyl groups is 1. The van der Waals surface area contributed by atoms with E-state index in [1.165, 1.54) is 0 Å². The van der Waals surface area contributed by atoms with Gasteiger partial charge in [0.1, 0.15) is 15.9 Å². The highest BCUT2D eigenvalue weighted by Gasteiger charge is 2.27. The minimum absolute atomic E-state index is 0.0300. The van der Waals surface area contributed by atoms with Gasteiger partial charge in [-0.05, 0) is 33.6 Å². The van der Waals surface area contributed by atoms with Gasteiger partial charge in [0.15, 0.2) is 0 Å². The van der Waals surface area contributed by atoms with E-state index in [1.54, 1.807) is 6.07 Å². The van der Waals surface area contributed by atoms with Crippen LogP contribution in [-0.4, -0.2) is 35.9 Å². The molecule has 0 bridgehead atoms. The Morgan fingerprint density at radius 3 is 3.12 bits per heavy atom. The molecule has 0 amide bonds. The molecule has 1 fully saturated rings. The summed E-state index contributed by atoms with van der Waals surface area (Å²) in [6.07, 6.45) is -0.185. The Balaban J connectivity index is 2.26. The number of ether oxygens (including phenoxy) is 1. The summed E-state index contributed by atoms with van der Waals surface area (Å²) in [6, 6.07) is 3.51. The predicted octanol–water partition coefficient (Wildman–Crippen LogP) is 1.52. The Labute approximate surface area is 107 Å². The highest BCUT2D eigenvalue weighted by atomic mass is 79.9. The molecule has 2 atom stereocenters. The molecule has 0 spiro atoms. The molecule has 1 saturated heterocycles. The SMILES string of the molecule is OC[C@@H]1NCCO[C@H]1c1cc(Cl)nc(Br)c1. The van der Waals surface area contributed by atoms with Crippen LogP contribution in [0.15, 0.2) is 16.7 Å². The van der Waals surface area contributed by atoms with E-state index in [-0.39, 0.29) is 18.8 Å². The van der Waals surface area contributed by atoms with Crippen LogP contribution in [0.25, 0.3) is 0 Å². The van der Waals surface area contributed by atoms with Crippen LogP contribution in [0.1, 0.15) is 11.7 Å². The van der Waals surface area contributed by atoms with Crippen molar-refractivity contribution < 1.29 is 9.84 Å². The second-order valence-electron chi connectivity index (χ2n) is 3.58. The maximum atomic E-state index is 9.26. The lowest BCUT2D eigenvalue weighted by molar-refractivity contribution is -0.0210. The molecule has 0 aromatic carbocycles. The molecule has 4 nitrogen and oxygen atoms in total. The molecule has 2 rings (SSSR count). The molecular weight excluding hydrogens is 295 g/mol. The van der Waals surface area contributed by atoms with Crippen molar-refractivity contribution in [2.24, 2.45) is 0 Å². The smallest absolute Gasteiger partial charge is 0.130 e. The van der Waals surface area contributed by atoms with Gasteiger partial charge in [-0.1, -0.05) is 11.6 Å². The summed E-state index contributed by atoms with van der Waals surface area (Å²) < 4.78 is 6.32. The molecular formula is C10H12BrClN2O2. The molecule has 6 heteroatoms. The largest absolute Gasteiger partial charge is 0.395 e. The van der Waals surface area contributed by atoms with E-state index in [2.05, 4.69) is 26.2 Å². The molecule has 0 radical (unpaired) electrons. The van der Waals surface area contributed by atoms with Crippen molar-refractivity contribution in [3.63, 3.8) is 0 Å². The van der Waals surface area contributed by atoms with Gasteiger partial charge < -0.3 is 15.2 Å². The first-order valence-electron chi connectivity index (χ1n) is 4.99. The average molecular weight is 308 g/mol. The number of nitrogens with one attached hydrogen (secondary N) is 1. The van der Waals surface area contributed by atoms with Gasteiger partial charge in [-0.2, -0.15) is 0 Å². The van der Waals surface area contributed by atoms with Gasteiger partial charge in [-0.15, -0.1) is 0 Å². The molecule has 0 unspecified atom stereocenters. The van der Waals surface area contributed by atoms with E-state index in [9.17, 15) is 5.11 Å². The van der Waals surface area contributed by atoms with Crippen LogP contribution in [0.2, 0.25) is 5.15 Å². The summed E-state index contributed by atoms with van der Waals surface area (Å²) in [4.78, 5) is 4.02. The first-order valence-corrected chi connectivity index (χ1v) is 6.16. The first-order chi connectivity index (χ1) is 7.70. The van der Waals surface area contributed by atoms with Gasteiger partial charge >= 0.3 is 0 Å². The fourth-order valence-corrected chi connectivity index (χ4v) is 2.56. The van der Waals surface area contributed by atoms with E-state index in [0.717, 1.165) is 12.1 Å². The van der Waals surface area contributed by atoms with Crippen molar-refractivity contribution >= 4 is 27.5 Å². The molecule has 0 saturated carbocycles. The lowest BCUT2D eigenvalue weighted by Gasteiger charge is -2.31. The van der Waals surface area contributed by atoms with Crippen LogP contribution >= 0.6 is 27.5 Å².